The molecular formula is C15H22N6O7. The number of aromatic nitrogens is 2. The Morgan fingerprint density at radius 1 is 1.18 bits per heavy atom. The maximum Gasteiger partial charge on any atom is 0.326 e. The van der Waals surface area contributed by atoms with Crippen molar-refractivity contribution in [2.24, 2.45) is 5.73 Å². The monoisotopic (exact) mass is 398 g/mol. The van der Waals surface area contributed by atoms with Gasteiger partial charge in [-0.1, -0.05) is 0 Å². The first-order valence-electron chi connectivity index (χ1n) is 8.15. The zero-order valence-electron chi connectivity index (χ0n) is 15.0. The Morgan fingerprint density at radius 2 is 1.86 bits per heavy atom. The lowest BCUT2D eigenvalue weighted by Gasteiger charge is -2.18. The van der Waals surface area contributed by atoms with Crippen LogP contribution in [0.3, 0.4) is 0 Å². The highest BCUT2D eigenvalue weighted by molar-refractivity contribution is 5.93. The van der Waals surface area contributed by atoms with E-state index in [2.05, 4.69) is 25.9 Å². The number of amides is 3. The zero-order valence-corrected chi connectivity index (χ0v) is 15.0. The van der Waals surface area contributed by atoms with Crippen molar-refractivity contribution in [3.8, 4) is 0 Å². The Labute approximate surface area is 159 Å². The lowest BCUT2D eigenvalue weighted by atomic mass is 10.1. The molecule has 1 aromatic rings. The summed E-state index contributed by atoms with van der Waals surface area (Å²) in [7, 11) is 0. The number of carbonyl (C=O) groups is 5. The molecule has 0 aliphatic heterocycles. The zero-order chi connectivity index (χ0) is 21.3. The molecule has 3 amide bonds. The molecule has 0 saturated carbocycles. The minimum atomic E-state index is -1.31. The molecule has 154 valence electrons. The SMILES string of the molecule is CC(NC(=O)CNC(=O)C(N)CC(=O)O)C(=O)NC(Cc1cnc[nH]1)C(=O)O. The van der Waals surface area contributed by atoms with E-state index in [9.17, 15) is 29.1 Å². The van der Waals surface area contributed by atoms with Crippen molar-refractivity contribution in [1.82, 2.24) is 25.9 Å². The fourth-order valence-corrected chi connectivity index (χ4v) is 2.05. The fourth-order valence-electron chi connectivity index (χ4n) is 2.05. The van der Waals surface area contributed by atoms with Crippen molar-refractivity contribution < 1.29 is 34.2 Å². The Balaban J connectivity index is 2.47. The second-order valence-electron chi connectivity index (χ2n) is 5.89. The Hall–Kier alpha value is -3.48. The molecule has 0 spiro atoms. The lowest BCUT2D eigenvalue weighted by molar-refractivity contribution is -0.142. The van der Waals surface area contributed by atoms with Crippen LogP contribution in [-0.2, 0) is 30.4 Å². The number of aliphatic carboxylic acids is 2. The number of hydrogen-bond donors (Lipinski definition) is 7. The first-order valence-corrected chi connectivity index (χ1v) is 8.15. The largest absolute Gasteiger partial charge is 0.481 e. The van der Waals surface area contributed by atoms with Crippen LogP contribution in [0.25, 0.3) is 0 Å². The summed E-state index contributed by atoms with van der Waals surface area (Å²) < 4.78 is 0. The van der Waals surface area contributed by atoms with Gasteiger partial charge in [-0.25, -0.2) is 9.78 Å². The van der Waals surface area contributed by atoms with E-state index in [1.165, 1.54) is 19.4 Å². The van der Waals surface area contributed by atoms with Crippen molar-refractivity contribution in [2.75, 3.05) is 6.54 Å². The van der Waals surface area contributed by atoms with Crippen LogP contribution in [0.15, 0.2) is 12.5 Å². The van der Waals surface area contributed by atoms with Crippen LogP contribution in [0.5, 0.6) is 0 Å². The van der Waals surface area contributed by atoms with E-state index in [0.29, 0.717) is 5.69 Å². The number of carbonyl (C=O) groups excluding carboxylic acids is 3. The first-order chi connectivity index (χ1) is 13.1. The van der Waals surface area contributed by atoms with Gasteiger partial charge in [0.1, 0.15) is 12.1 Å². The molecule has 1 aromatic heterocycles. The molecule has 1 heterocycles. The topological polar surface area (TPSA) is 217 Å². The molecule has 0 saturated heterocycles. The predicted molar refractivity (Wildman–Crippen MR) is 92.7 cm³/mol. The van der Waals surface area contributed by atoms with Gasteiger partial charge in [-0.05, 0) is 6.92 Å². The molecule has 0 aromatic carbocycles. The third-order valence-corrected chi connectivity index (χ3v) is 3.52. The molecule has 0 bridgehead atoms. The minimum Gasteiger partial charge on any atom is -0.481 e. The van der Waals surface area contributed by atoms with Gasteiger partial charge in [0.15, 0.2) is 0 Å². The quantitative estimate of drug-likeness (QED) is 0.201. The van der Waals surface area contributed by atoms with E-state index in [4.69, 9.17) is 10.8 Å². The van der Waals surface area contributed by atoms with E-state index in [1.807, 2.05) is 0 Å². The number of carboxylic acid groups (broad SMARTS) is 2. The van der Waals surface area contributed by atoms with E-state index in [1.54, 1.807) is 0 Å². The van der Waals surface area contributed by atoms with E-state index in [0.717, 1.165) is 0 Å². The molecule has 3 unspecified atom stereocenters. The molecular weight excluding hydrogens is 376 g/mol. The number of nitrogens with two attached hydrogens (primary N) is 1. The molecule has 0 fully saturated rings. The third-order valence-electron chi connectivity index (χ3n) is 3.52. The van der Waals surface area contributed by atoms with Crippen molar-refractivity contribution >= 4 is 29.7 Å². The number of nitrogens with one attached hydrogen (secondary N) is 4. The smallest absolute Gasteiger partial charge is 0.326 e. The molecule has 3 atom stereocenters. The normalized spacial score (nSPS) is 13.6. The molecule has 0 aliphatic carbocycles. The highest BCUT2D eigenvalue weighted by Crippen LogP contribution is 1.99. The molecule has 0 radical (unpaired) electrons. The molecule has 0 aliphatic rings. The van der Waals surface area contributed by atoms with Crippen LogP contribution in [0, 0.1) is 0 Å². The van der Waals surface area contributed by atoms with Crippen LogP contribution in [0.4, 0.5) is 0 Å². The number of aromatic amines is 1. The van der Waals surface area contributed by atoms with Gasteiger partial charge in [0.05, 0.1) is 25.3 Å². The van der Waals surface area contributed by atoms with E-state index < -0.39 is 60.8 Å². The summed E-state index contributed by atoms with van der Waals surface area (Å²) in [4.78, 5) is 63.7. The second-order valence-corrected chi connectivity index (χ2v) is 5.89. The van der Waals surface area contributed by atoms with Crippen LogP contribution >= 0.6 is 0 Å². The van der Waals surface area contributed by atoms with Gasteiger partial charge in [-0.3, -0.25) is 19.2 Å². The number of H-pyrrole nitrogens is 1. The maximum absolute atomic E-state index is 12.1. The summed E-state index contributed by atoms with van der Waals surface area (Å²) in [6.45, 7) is 0.806. The minimum absolute atomic E-state index is 0.0285. The van der Waals surface area contributed by atoms with Crippen molar-refractivity contribution in [2.45, 2.75) is 37.9 Å². The summed E-state index contributed by atoms with van der Waals surface area (Å²) in [6.07, 6.45) is 2.17. The summed E-state index contributed by atoms with van der Waals surface area (Å²) in [5, 5.41) is 24.5. The number of carboxylic acids is 2. The Morgan fingerprint density at radius 3 is 2.39 bits per heavy atom. The van der Waals surface area contributed by atoms with Crippen molar-refractivity contribution in [3.63, 3.8) is 0 Å². The van der Waals surface area contributed by atoms with Crippen molar-refractivity contribution in [1.29, 1.82) is 0 Å². The average molecular weight is 398 g/mol. The van der Waals surface area contributed by atoms with Gasteiger partial charge in [0, 0.05) is 18.3 Å². The molecule has 28 heavy (non-hydrogen) atoms. The summed E-state index contributed by atoms with van der Waals surface area (Å²) in [5.41, 5.74) is 5.85. The second kappa shape index (κ2) is 10.6. The van der Waals surface area contributed by atoms with Gasteiger partial charge in [-0.2, -0.15) is 0 Å². The number of rotatable bonds is 11. The maximum atomic E-state index is 12.1. The van der Waals surface area contributed by atoms with Gasteiger partial charge in [-0.15, -0.1) is 0 Å². The standard InChI is InChI=1S/C15H22N6O7/c1-7(20-11(22)5-18-14(26)9(16)3-12(23)24)13(25)21-10(15(27)28)2-8-4-17-6-19-8/h4,6-7,9-10H,2-3,5,16H2,1H3,(H,17,19)(H,18,26)(H,20,22)(H,21,25)(H,23,24)(H,27,28). The van der Waals surface area contributed by atoms with Gasteiger partial charge in [0.2, 0.25) is 17.7 Å². The van der Waals surface area contributed by atoms with Gasteiger partial charge < -0.3 is 36.9 Å². The third kappa shape index (κ3) is 7.82. The van der Waals surface area contributed by atoms with Crippen LogP contribution < -0.4 is 21.7 Å². The molecule has 1 rings (SSSR count). The fraction of sp³-hybridized carbons (Fsp3) is 0.467. The van der Waals surface area contributed by atoms with Crippen LogP contribution in [0.1, 0.15) is 19.0 Å². The summed E-state index contributed by atoms with van der Waals surface area (Å²) in [6, 6.07) is -3.63. The molecule has 13 nitrogen and oxygen atoms in total. The van der Waals surface area contributed by atoms with Crippen LogP contribution in [0.2, 0.25) is 0 Å². The lowest BCUT2D eigenvalue weighted by Crippen LogP contribution is -2.53. The highest BCUT2D eigenvalue weighted by atomic mass is 16.4. The number of imidazole rings is 1. The summed E-state index contributed by atoms with van der Waals surface area (Å²) in [5.74, 6) is -4.84. The first kappa shape index (κ1) is 22.6. The van der Waals surface area contributed by atoms with Gasteiger partial charge >= 0.3 is 11.9 Å². The highest BCUT2D eigenvalue weighted by Gasteiger charge is 2.25. The molecule has 8 N–H and O–H groups in total. The molecule has 13 heteroatoms. The predicted octanol–water partition coefficient (Wildman–Crippen LogP) is -3.06. The van der Waals surface area contributed by atoms with Crippen LogP contribution in [-0.4, -0.2) is 74.5 Å². The number of hydrogen-bond acceptors (Lipinski definition) is 7. The summed E-state index contributed by atoms with van der Waals surface area (Å²) >= 11 is 0. The average Bonchev–Trinajstić information content (AvgIpc) is 3.11. The van der Waals surface area contributed by atoms with E-state index >= 15 is 0 Å². The number of nitrogens with zero attached hydrogens (tertiary/aromatic N) is 1. The Bertz CT molecular complexity index is 720. The van der Waals surface area contributed by atoms with E-state index in [-0.39, 0.29) is 6.42 Å². The van der Waals surface area contributed by atoms with Crippen molar-refractivity contribution in [3.05, 3.63) is 18.2 Å². The van der Waals surface area contributed by atoms with Gasteiger partial charge in [0.25, 0.3) is 0 Å². The Kier molecular flexibility index (Phi) is 8.55.